The zero-order valence-corrected chi connectivity index (χ0v) is 17.3. The zero-order chi connectivity index (χ0) is 20.8. The first-order valence-electron chi connectivity index (χ1n) is 9.71. The standard InChI is InChI=1S/C23H21FN4OS/c1-2-29-19-9-7-18(8-10-19)22-26-27-23(28(22)21-6-4-3-5-20(21)24)30-16-13-17-11-14-25-15-12-17/h3-12,14-15H,2,13,16H2,1H3. The number of hydrogen-bond acceptors (Lipinski definition) is 5. The summed E-state index contributed by atoms with van der Waals surface area (Å²) in [5, 5.41) is 9.40. The highest BCUT2D eigenvalue weighted by atomic mass is 32.2. The molecule has 0 aliphatic heterocycles. The largest absolute Gasteiger partial charge is 0.494 e. The van der Waals surface area contributed by atoms with Crippen molar-refractivity contribution in [3.05, 3.63) is 84.4 Å². The van der Waals surface area contributed by atoms with Gasteiger partial charge in [-0.1, -0.05) is 23.9 Å². The molecule has 0 fully saturated rings. The van der Waals surface area contributed by atoms with Gasteiger partial charge in [-0.05, 0) is 67.4 Å². The van der Waals surface area contributed by atoms with Gasteiger partial charge in [-0.25, -0.2) is 4.39 Å². The van der Waals surface area contributed by atoms with Crippen LogP contribution in [0.5, 0.6) is 5.75 Å². The van der Waals surface area contributed by atoms with Crippen molar-refractivity contribution in [3.63, 3.8) is 0 Å². The fourth-order valence-corrected chi connectivity index (χ4v) is 4.01. The Kier molecular flexibility index (Phi) is 6.39. The van der Waals surface area contributed by atoms with E-state index in [9.17, 15) is 4.39 Å². The Morgan fingerprint density at radius 2 is 1.73 bits per heavy atom. The van der Waals surface area contributed by atoms with E-state index in [-0.39, 0.29) is 5.82 Å². The first-order valence-corrected chi connectivity index (χ1v) is 10.7. The van der Waals surface area contributed by atoms with E-state index in [2.05, 4.69) is 15.2 Å². The molecular formula is C23H21FN4OS. The predicted octanol–water partition coefficient (Wildman–Crippen LogP) is 5.20. The molecule has 5 nitrogen and oxygen atoms in total. The van der Waals surface area contributed by atoms with Gasteiger partial charge in [0.25, 0.3) is 0 Å². The predicted molar refractivity (Wildman–Crippen MR) is 117 cm³/mol. The quantitative estimate of drug-likeness (QED) is 0.367. The van der Waals surface area contributed by atoms with E-state index in [1.807, 2.05) is 49.4 Å². The number of hydrogen-bond donors (Lipinski definition) is 0. The van der Waals surface area contributed by atoms with Crippen LogP contribution in [0, 0.1) is 5.82 Å². The Balaban J connectivity index is 1.66. The lowest BCUT2D eigenvalue weighted by Crippen LogP contribution is -2.03. The molecule has 0 unspecified atom stereocenters. The molecule has 0 radical (unpaired) electrons. The summed E-state index contributed by atoms with van der Waals surface area (Å²) in [4.78, 5) is 4.05. The monoisotopic (exact) mass is 420 g/mol. The lowest BCUT2D eigenvalue weighted by atomic mass is 10.2. The molecule has 0 saturated heterocycles. The number of ether oxygens (including phenoxy) is 1. The summed E-state index contributed by atoms with van der Waals surface area (Å²) in [5.41, 5.74) is 2.47. The molecule has 0 spiro atoms. The summed E-state index contributed by atoms with van der Waals surface area (Å²) >= 11 is 1.55. The van der Waals surface area contributed by atoms with Crippen LogP contribution >= 0.6 is 11.8 Å². The molecule has 7 heteroatoms. The van der Waals surface area contributed by atoms with Gasteiger partial charge in [0.2, 0.25) is 0 Å². The number of benzene rings is 2. The average molecular weight is 421 g/mol. The second-order valence-electron chi connectivity index (χ2n) is 6.50. The Labute approximate surface area is 179 Å². The molecule has 0 amide bonds. The molecule has 4 aromatic rings. The van der Waals surface area contributed by atoms with Crippen molar-refractivity contribution in [2.45, 2.75) is 18.5 Å². The molecule has 0 aliphatic carbocycles. The van der Waals surface area contributed by atoms with Crippen LogP contribution < -0.4 is 4.74 Å². The normalized spacial score (nSPS) is 10.9. The van der Waals surface area contributed by atoms with E-state index in [4.69, 9.17) is 4.74 Å². The van der Waals surface area contributed by atoms with E-state index in [0.717, 1.165) is 23.5 Å². The van der Waals surface area contributed by atoms with E-state index in [0.29, 0.717) is 23.3 Å². The van der Waals surface area contributed by atoms with Gasteiger partial charge in [0.15, 0.2) is 11.0 Å². The van der Waals surface area contributed by atoms with Crippen molar-refractivity contribution < 1.29 is 9.13 Å². The van der Waals surface area contributed by atoms with Crippen molar-refractivity contribution in [2.75, 3.05) is 12.4 Å². The summed E-state index contributed by atoms with van der Waals surface area (Å²) < 4.78 is 22.0. The van der Waals surface area contributed by atoms with Crippen LogP contribution in [-0.2, 0) is 6.42 Å². The minimum Gasteiger partial charge on any atom is -0.494 e. The van der Waals surface area contributed by atoms with Gasteiger partial charge in [0, 0.05) is 23.7 Å². The molecule has 2 heterocycles. The number of aromatic nitrogens is 4. The van der Waals surface area contributed by atoms with Crippen LogP contribution in [0.25, 0.3) is 17.1 Å². The second-order valence-corrected chi connectivity index (χ2v) is 7.57. The number of halogens is 1. The molecule has 0 aliphatic rings. The van der Waals surface area contributed by atoms with Gasteiger partial charge >= 0.3 is 0 Å². The Bertz CT molecular complexity index is 1100. The molecule has 4 rings (SSSR count). The van der Waals surface area contributed by atoms with Crippen LogP contribution in [-0.4, -0.2) is 32.1 Å². The van der Waals surface area contributed by atoms with Crippen LogP contribution in [0.4, 0.5) is 4.39 Å². The highest BCUT2D eigenvalue weighted by molar-refractivity contribution is 7.99. The fraction of sp³-hybridized carbons (Fsp3) is 0.174. The fourth-order valence-electron chi connectivity index (χ4n) is 3.08. The van der Waals surface area contributed by atoms with Crippen molar-refractivity contribution in [2.24, 2.45) is 0 Å². The number of pyridine rings is 1. The molecule has 0 atom stereocenters. The van der Waals surface area contributed by atoms with Crippen molar-refractivity contribution in [3.8, 4) is 22.8 Å². The first-order chi connectivity index (χ1) is 14.8. The maximum Gasteiger partial charge on any atom is 0.196 e. The highest BCUT2D eigenvalue weighted by Gasteiger charge is 2.18. The van der Waals surface area contributed by atoms with Crippen molar-refractivity contribution in [1.29, 1.82) is 0 Å². The number of aryl methyl sites for hydroxylation is 1. The van der Waals surface area contributed by atoms with Gasteiger partial charge in [-0.2, -0.15) is 0 Å². The van der Waals surface area contributed by atoms with Gasteiger partial charge in [-0.3, -0.25) is 9.55 Å². The molecule has 0 N–H and O–H groups in total. The molecule has 2 aromatic carbocycles. The number of para-hydroxylation sites is 1. The smallest absolute Gasteiger partial charge is 0.196 e. The maximum absolute atomic E-state index is 14.7. The average Bonchev–Trinajstić information content (AvgIpc) is 3.19. The highest BCUT2D eigenvalue weighted by Crippen LogP contribution is 2.30. The lowest BCUT2D eigenvalue weighted by molar-refractivity contribution is 0.340. The SMILES string of the molecule is CCOc1ccc(-c2nnc(SCCc3ccncc3)n2-c2ccccc2F)cc1. The molecule has 152 valence electrons. The van der Waals surface area contributed by atoms with Crippen LogP contribution in [0.15, 0.2) is 78.2 Å². The Morgan fingerprint density at radius 1 is 0.967 bits per heavy atom. The molecular weight excluding hydrogens is 399 g/mol. The lowest BCUT2D eigenvalue weighted by Gasteiger charge is -2.12. The van der Waals surface area contributed by atoms with Gasteiger partial charge in [0.05, 0.1) is 12.3 Å². The van der Waals surface area contributed by atoms with Crippen LogP contribution in [0.1, 0.15) is 12.5 Å². The van der Waals surface area contributed by atoms with E-state index < -0.39 is 0 Å². The minimum absolute atomic E-state index is 0.319. The third-order valence-corrected chi connectivity index (χ3v) is 5.45. The minimum atomic E-state index is -0.319. The third kappa shape index (κ3) is 4.52. The summed E-state index contributed by atoms with van der Waals surface area (Å²) in [7, 11) is 0. The number of nitrogens with zero attached hydrogens (tertiary/aromatic N) is 4. The second kappa shape index (κ2) is 9.54. The van der Waals surface area contributed by atoms with E-state index >= 15 is 0 Å². The number of thioether (sulfide) groups is 1. The maximum atomic E-state index is 14.7. The zero-order valence-electron chi connectivity index (χ0n) is 16.5. The van der Waals surface area contributed by atoms with Crippen molar-refractivity contribution >= 4 is 11.8 Å². The van der Waals surface area contributed by atoms with Gasteiger partial charge in [-0.15, -0.1) is 10.2 Å². The summed E-state index contributed by atoms with van der Waals surface area (Å²) in [6.45, 7) is 2.54. The molecule has 0 saturated carbocycles. The summed E-state index contributed by atoms with van der Waals surface area (Å²) in [6.07, 6.45) is 4.42. The topological polar surface area (TPSA) is 52.8 Å². The summed E-state index contributed by atoms with van der Waals surface area (Å²) in [6, 6.07) is 18.3. The Hall–Kier alpha value is -3.19. The number of rotatable bonds is 8. The van der Waals surface area contributed by atoms with Gasteiger partial charge < -0.3 is 4.74 Å². The van der Waals surface area contributed by atoms with E-state index in [1.165, 1.54) is 11.6 Å². The molecule has 0 bridgehead atoms. The molecule has 2 aromatic heterocycles. The van der Waals surface area contributed by atoms with E-state index in [1.54, 1.807) is 40.9 Å². The third-order valence-electron chi connectivity index (χ3n) is 4.52. The summed E-state index contributed by atoms with van der Waals surface area (Å²) in [5.74, 6) is 1.85. The molecule has 30 heavy (non-hydrogen) atoms. The van der Waals surface area contributed by atoms with Gasteiger partial charge in [0.1, 0.15) is 11.6 Å². The van der Waals surface area contributed by atoms with Crippen LogP contribution in [0.3, 0.4) is 0 Å². The van der Waals surface area contributed by atoms with Crippen molar-refractivity contribution in [1.82, 2.24) is 19.7 Å². The van der Waals surface area contributed by atoms with Crippen LogP contribution in [0.2, 0.25) is 0 Å². The Morgan fingerprint density at radius 3 is 2.47 bits per heavy atom. The first kappa shape index (κ1) is 20.1.